The fraction of sp³-hybridized carbons (Fsp3) is 0.143. The first-order valence-electron chi connectivity index (χ1n) is 8.85. The average Bonchev–Trinajstić information content (AvgIpc) is 3.21. The lowest BCUT2D eigenvalue weighted by atomic mass is 10.2. The van der Waals surface area contributed by atoms with Crippen LogP contribution in [0.1, 0.15) is 12.2 Å². The highest BCUT2D eigenvalue weighted by atomic mass is 16.6. The summed E-state index contributed by atoms with van der Waals surface area (Å²) in [6, 6.07) is 18.7. The van der Waals surface area contributed by atoms with Crippen LogP contribution in [0, 0.1) is 10.1 Å². The summed E-state index contributed by atoms with van der Waals surface area (Å²) >= 11 is 0. The Balaban J connectivity index is 1.43. The zero-order valence-electron chi connectivity index (χ0n) is 15.4. The molecule has 1 aromatic heterocycles. The van der Waals surface area contributed by atoms with Gasteiger partial charge in [-0.05, 0) is 18.2 Å². The Bertz CT molecular complexity index is 1010. The predicted molar refractivity (Wildman–Crippen MR) is 105 cm³/mol. The van der Waals surface area contributed by atoms with E-state index < -0.39 is 23.4 Å². The fourth-order valence-corrected chi connectivity index (χ4v) is 2.61. The molecule has 1 heterocycles. The first kappa shape index (κ1) is 19.8. The highest BCUT2D eigenvalue weighted by Gasteiger charge is 2.12. The molecule has 0 aliphatic heterocycles. The molecule has 3 aromatic rings. The SMILES string of the molecule is O=C(COC(=O)CCc1ccc(-c2ccccc2)o1)Nc1cccc([N+](=O)[O-])c1. The molecule has 0 saturated heterocycles. The van der Waals surface area contributed by atoms with Gasteiger partial charge in [-0.3, -0.25) is 19.7 Å². The molecular formula is C21H18N2O6. The molecule has 1 amide bonds. The average molecular weight is 394 g/mol. The first-order valence-corrected chi connectivity index (χ1v) is 8.85. The minimum atomic E-state index is -0.580. The van der Waals surface area contributed by atoms with E-state index in [-0.39, 0.29) is 17.8 Å². The number of nitro benzene ring substituents is 1. The molecule has 8 nitrogen and oxygen atoms in total. The van der Waals surface area contributed by atoms with E-state index in [9.17, 15) is 19.7 Å². The molecule has 0 bridgehead atoms. The molecule has 0 radical (unpaired) electrons. The van der Waals surface area contributed by atoms with Crippen molar-refractivity contribution in [1.82, 2.24) is 0 Å². The molecule has 0 unspecified atom stereocenters. The van der Waals surface area contributed by atoms with E-state index in [1.54, 1.807) is 6.07 Å². The zero-order valence-corrected chi connectivity index (χ0v) is 15.4. The van der Waals surface area contributed by atoms with Gasteiger partial charge in [0.15, 0.2) is 6.61 Å². The van der Waals surface area contributed by atoms with Gasteiger partial charge in [0.25, 0.3) is 11.6 Å². The standard InChI is InChI=1S/C21H18N2O6/c24-20(22-16-7-4-8-17(13-16)23(26)27)14-28-21(25)12-10-18-9-11-19(29-18)15-5-2-1-3-6-15/h1-9,11,13H,10,12,14H2,(H,22,24). The minimum absolute atomic E-state index is 0.0613. The number of carbonyl (C=O) groups is 2. The molecule has 148 valence electrons. The van der Waals surface area contributed by atoms with Crippen molar-refractivity contribution in [2.75, 3.05) is 11.9 Å². The van der Waals surface area contributed by atoms with Gasteiger partial charge in [0, 0.05) is 29.8 Å². The van der Waals surface area contributed by atoms with Gasteiger partial charge in [-0.2, -0.15) is 0 Å². The summed E-state index contributed by atoms with van der Waals surface area (Å²) in [6.45, 7) is -0.477. The van der Waals surface area contributed by atoms with Crippen LogP contribution in [0.3, 0.4) is 0 Å². The fourth-order valence-electron chi connectivity index (χ4n) is 2.61. The third-order valence-electron chi connectivity index (χ3n) is 4.00. The van der Waals surface area contributed by atoms with Crippen molar-refractivity contribution in [1.29, 1.82) is 0 Å². The smallest absolute Gasteiger partial charge is 0.306 e. The summed E-state index contributed by atoms with van der Waals surface area (Å²) in [5, 5.41) is 13.2. The molecule has 1 N–H and O–H groups in total. The van der Waals surface area contributed by atoms with E-state index in [0.29, 0.717) is 17.9 Å². The second-order valence-corrected chi connectivity index (χ2v) is 6.15. The quantitative estimate of drug-likeness (QED) is 0.351. The number of rotatable bonds is 8. The van der Waals surface area contributed by atoms with Crippen molar-refractivity contribution >= 4 is 23.3 Å². The van der Waals surface area contributed by atoms with Gasteiger partial charge in [0.1, 0.15) is 11.5 Å². The number of nitrogens with zero attached hydrogens (tertiary/aromatic N) is 1. The highest BCUT2D eigenvalue weighted by Crippen LogP contribution is 2.22. The van der Waals surface area contributed by atoms with Gasteiger partial charge in [-0.1, -0.05) is 36.4 Å². The Kier molecular flexibility index (Phi) is 6.36. The van der Waals surface area contributed by atoms with Gasteiger partial charge >= 0.3 is 5.97 Å². The highest BCUT2D eigenvalue weighted by molar-refractivity contribution is 5.93. The van der Waals surface area contributed by atoms with Crippen molar-refractivity contribution < 1.29 is 23.7 Å². The molecule has 0 atom stereocenters. The van der Waals surface area contributed by atoms with Crippen molar-refractivity contribution in [3.63, 3.8) is 0 Å². The number of nitro groups is 1. The Morgan fingerprint density at radius 3 is 2.59 bits per heavy atom. The molecule has 3 rings (SSSR count). The Hall–Kier alpha value is -3.94. The molecule has 8 heteroatoms. The number of furan rings is 1. The van der Waals surface area contributed by atoms with Crippen LogP contribution in [0.2, 0.25) is 0 Å². The number of hydrogen-bond donors (Lipinski definition) is 1. The summed E-state index contributed by atoms with van der Waals surface area (Å²) in [5.74, 6) is 0.229. The molecule has 0 aliphatic rings. The second kappa shape index (κ2) is 9.32. The van der Waals surface area contributed by atoms with Crippen LogP contribution in [-0.4, -0.2) is 23.4 Å². The lowest BCUT2D eigenvalue weighted by molar-refractivity contribution is -0.384. The molecule has 29 heavy (non-hydrogen) atoms. The molecule has 0 saturated carbocycles. The van der Waals surface area contributed by atoms with Crippen LogP contribution >= 0.6 is 0 Å². The summed E-state index contributed by atoms with van der Waals surface area (Å²) in [5.41, 5.74) is 1.05. The van der Waals surface area contributed by atoms with Crippen molar-refractivity contribution in [3.05, 3.63) is 82.6 Å². The van der Waals surface area contributed by atoms with Crippen molar-refractivity contribution in [2.45, 2.75) is 12.8 Å². The number of non-ortho nitro benzene ring substituents is 1. The number of hydrogen-bond acceptors (Lipinski definition) is 6. The summed E-state index contributed by atoms with van der Waals surface area (Å²) < 4.78 is 10.7. The van der Waals surface area contributed by atoms with Crippen LogP contribution in [0.25, 0.3) is 11.3 Å². The molecular weight excluding hydrogens is 376 g/mol. The number of ether oxygens (including phenoxy) is 1. The van der Waals surface area contributed by atoms with Crippen molar-refractivity contribution in [2.24, 2.45) is 0 Å². The van der Waals surface area contributed by atoms with Gasteiger partial charge < -0.3 is 14.5 Å². The number of anilines is 1. The molecule has 2 aromatic carbocycles. The van der Waals surface area contributed by atoms with E-state index in [2.05, 4.69) is 5.32 Å². The van der Waals surface area contributed by atoms with Crippen molar-refractivity contribution in [3.8, 4) is 11.3 Å². The van der Waals surface area contributed by atoms with Crippen LogP contribution in [0.5, 0.6) is 0 Å². The minimum Gasteiger partial charge on any atom is -0.461 e. The number of esters is 1. The van der Waals surface area contributed by atoms with E-state index in [1.807, 2.05) is 36.4 Å². The lowest BCUT2D eigenvalue weighted by Crippen LogP contribution is -2.21. The van der Waals surface area contributed by atoms with Gasteiger partial charge in [-0.15, -0.1) is 0 Å². The maximum absolute atomic E-state index is 11.9. The van der Waals surface area contributed by atoms with Gasteiger partial charge in [0.05, 0.1) is 11.3 Å². The second-order valence-electron chi connectivity index (χ2n) is 6.15. The maximum atomic E-state index is 11.9. The number of aryl methyl sites for hydroxylation is 1. The number of amides is 1. The Morgan fingerprint density at radius 2 is 1.83 bits per heavy atom. The Labute approximate surface area is 166 Å². The van der Waals surface area contributed by atoms with Crippen LogP contribution in [0.15, 0.2) is 71.1 Å². The van der Waals surface area contributed by atoms with Crippen LogP contribution in [0.4, 0.5) is 11.4 Å². The van der Waals surface area contributed by atoms with E-state index >= 15 is 0 Å². The third-order valence-corrected chi connectivity index (χ3v) is 4.00. The first-order chi connectivity index (χ1) is 14.0. The van der Waals surface area contributed by atoms with Crippen LogP contribution < -0.4 is 5.32 Å². The molecule has 0 aliphatic carbocycles. The lowest BCUT2D eigenvalue weighted by Gasteiger charge is -2.06. The van der Waals surface area contributed by atoms with Gasteiger partial charge in [0.2, 0.25) is 0 Å². The monoisotopic (exact) mass is 394 g/mol. The van der Waals surface area contributed by atoms with Crippen LogP contribution in [-0.2, 0) is 20.7 Å². The number of nitrogens with one attached hydrogen (secondary N) is 1. The molecule has 0 spiro atoms. The zero-order chi connectivity index (χ0) is 20.6. The predicted octanol–water partition coefficient (Wildman–Crippen LogP) is 3.97. The summed E-state index contributed by atoms with van der Waals surface area (Å²) in [7, 11) is 0. The molecule has 0 fully saturated rings. The Morgan fingerprint density at radius 1 is 1.03 bits per heavy atom. The van der Waals surface area contributed by atoms with Gasteiger partial charge in [-0.25, -0.2) is 0 Å². The van der Waals surface area contributed by atoms with E-state index in [4.69, 9.17) is 9.15 Å². The largest absolute Gasteiger partial charge is 0.461 e. The van der Waals surface area contributed by atoms with E-state index in [1.165, 1.54) is 24.3 Å². The number of carbonyl (C=O) groups excluding carboxylic acids is 2. The number of benzene rings is 2. The summed E-state index contributed by atoms with van der Waals surface area (Å²) in [6.07, 6.45) is 0.407. The van der Waals surface area contributed by atoms with E-state index in [0.717, 1.165) is 5.56 Å². The summed E-state index contributed by atoms with van der Waals surface area (Å²) in [4.78, 5) is 33.9. The third kappa shape index (κ3) is 5.77. The maximum Gasteiger partial charge on any atom is 0.306 e. The topological polar surface area (TPSA) is 112 Å². The normalized spacial score (nSPS) is 10.3.